The van der Waals surface area contributed by atoms with Crippen LogP contribution in [0.4, 0.5) is 0 Å². The third-order valence-electron chi connectivity index (χ3n) is 11.6. The molecule has 0 aliphatic carbocycles. The monoisotopic (exact) mass is 814 g/mol. The van der Waals surface area contributed by atoms with Crippen molar-refractivity contribution in [3.63, 3.8) is 0 Å². The van der Waals surface area contributed by atoms with Gasteiger partial charge in [0.15, 0.2) is 11.6 Å². The van der Waals surface area contributed by atoms with E-state index in [4.69, 9.17) is 28.7 Å². The number of benzene rings is 1. The quantitative estimate of drug-likeness (QED) is 0.0306. The first-order valence-corrected chi connectivity index (χ1v) is 21.2. The topological polar surface area (TPSA) is 274 Å². The number of nitrogens with two attached hydrogens (primary N) is 5. The summed E-state index contributed by atoms with van der Waals surface area (Å²) in [5, 5.41) is 5.46. The summed E-state index contributed by atoms with van der Waals surface area (Å²) in [5.41, 5.74) is 28.0. The number of carbonyl (C=O) groups is 7. The number of hydrogen-bond donors (Lipinski definition) is 7. The van der Waals surface area contributed by atoms with E-state index < -0.39 is 63.8 Å². The number of Topliss-reactive ketones (excluding diaryl/α,β-unsaturated/α-hetero) is 6. The van der Waals surface area contributed by atoms with Gasteiger partial charge in [-0.25, -0.2) is 0 Å². The summed E-state index contributed by atoms with van der Waals surface area (Å²) in [4.78, 5) is 90.5. The van der Waals surface area contributed by atoms with Crippen molar-refractivity contribution in [3.8, 4) is 0 Å². The fourth-order valence-corrected chi connectivity index (χ4v) is 6.94. The molecule has 0 radical (unpaired) electrons. The summed E-state index contributed by atoms with van der Waals surface area (Å²) >= 11 is 0. The fraction of sp³-hybridized carbons (Fsp3) is 0.705. The van der Waals surface area contributed by atoms with Gasteiger partial charge >= 0.3 is 0 Å². The van der Waals surface area contributed by atoms with Crippen LogP contribution in [0.2, 0.25) is 0 Å². The molecule has 1 unspecified atom stereocenters. The molecule has 14 nitrogen and oxygen atoms in total. The molecule has 7 atom stereocenters. The van der Waals surface area contributed by atoms with Gasteiger partial charge in [-0.15, -0.1) is 0 Å². The molecule has 0 spiro atoms. The average Bonchev–Trinajstić information content (AvgIpc) is 3.20. The summed E-state index contributed by atoms with van der Waals surface area (Å²) in [6.45, 7) is 8.26. The minimum Gasteiger partial charge on any atom is -0.344 e. The molecule has 0 aromatic heterocycles. The van der Waals surface area contributed by atoms with Crippen LogP contribution in [0.5, 0.6) is 0 Å². The lowest BCUT2D eigenvalue weighted by molar-refractivity contribution is -0.143. The Kier molecular flexibility index (Phi) is 23.4. The Balaban J connectivity index is 2.78. The van der Waals surface area contributed by atoms with E-state index in [1.165, 1.54) is 0 Å². The van der Waals surface area contributed by atoms with Crippen molar-refractivity contribution in [1.82, 2.24) is 10.6 Å². The summed E-state index contributed by atoms with van der Waals surface area (Å²) in [6, 6.07) is 6.84. The SMILES string of the molecule is CC[C@H](C)C(NC(=O)CN)C(=O)C(=O)[C@@](N)(CCCCCCCC[C@](C)(N)C(=O)C(=O)[C@@H](N)Cc1ccccc1)CCCCCC[C@@](C)(N)C(=O)CC(=O)[C@H](C)NC. The first-order valence-electron chi connectivity index (χ1n) is 21.2. The van der Waals surface area contributed by atoms with E-state index in [1.807, 2.05) is 37.3 Å². The Hall–Kier alpha value is -3.53. The number of ketones is 6. The number of carbonyl (C=O) groups excluding carboxylic acids is 7. The zero-order valence-electron chi connectivity index (χ0n) is 36.2. The summed E-state index contributed by atoms with van der Waals surface area (Å²) in [6.07, 6.45) is 8.89. The van der Waals surface area contributed by atoms with Crippen LogP contribution in [0.25, 0.3) is 0 Å². The minimum atomic E-state index is -1.44. The molecule has 0 saturated carbocycles. The molecular weight excluding hydrogens is 739 g/mol. The maximum atomic E-state index is 13.9. The molecule has 0 aliphatic rings. The highest BCUT2D eigenvalue weighted by Gasteiger charge is 2.42. The lowest BCUT2D eigenvalue weighted by Gasteiger charge is -2.31. The second kappa shape index (κ2) is 25.8. The van der Waals surface area contributed by atoms with Gasteiger partial charge in [-0.2, -0.15) is 0 Å². The van der Waals surface area contributed by atoms with E-state index in [0.717, 1.165) is 31.2 Å². The maximum Gasteiger partial charge on any atom is 0.234 e. The minimum absolute atomic E-state index is 0.210. The molecule has 1 rings (SSSR count). The van der Waals surface area contributed by atoms with E-state index in [0.29, 0.717) is 57.8 Å². The van der Waals surface area contributed by atoms with Gasteiger partial charge in [0.1, 0.15) is 0 Å². The fourth-order valence-electron chi connectivity index (χ4n) is 6.94. The van der Waals surface area contributed by atoms with Gasteiger partial charge in [-0.3, -0.25) is 33.6 Å². The highest BCUT2D eigenvalue weighted by Crippen LogP contribution is 2.26. The summed E-state index contributed by atoms with van der Waals surface area (Å²) < 4.78 is 0. The summed E-state index contributed by atoms with van der Waals surface area (Å²) in [7, 11) is 1.66. The van der Waals surface area contributed by atoms with Gasteiger partial charge < -0.3 is 39.3 Å². The van der Waals surface area contributed by atoms with Gasteiger partial charge in [0, 0.05) is 0 Å². The number of unbranched alkanes of at least 4 members (excludes halogenated alkanes) is 8. The normalized spacial score (nSPS) is 16.7. The highest BCUT2D eigenvalue weighted by molar-refractivity contribution is 6.43. The number of amides is 1. The number of nitrogens with one attached hydrogen (secondary N) is 2. The van der Waals surface area contributed by atoms with Crippen LogP contribution in [0, 0.1) is 5.92 Å². The second-order valence-corrected chi connectivity index (χ2v) is 16.9. The summed E-state index contributed by atoms with van der Waals surface area (Å²) in [5.74, 6) is -4.12. The first kappa shape index (κ1) is 52.5. The van der Waals surface area contributed by atoms with Crippen LogP contribution in [0.15, 0.2) is 30.3 Å². The predicted molar refractivity (Wildman–Crippen MR) is 228 cm³/mol. The van der Waals surface area contributed by atoms with E-state index in [-0.39, 0.29) is 49.7 Å². The zero-order valence-corrected chi connectivity index (χ0v) is 36.2. The lowest BCUT2D eigenvalue weighted by atomic mass is 9.79. The van der Waals surface area contributed by atoms with Crippen LogP contribution < -0.4 is 39.3 Å². The molecule has 1 aromatic rings. The van der Waals surface area contributed by atoms with E-state index in [2.05, 4.69) is 10.6 Å². The van der Waals surface area contributed by atoms with Crippen molar-refractivity contribution in [2.75, 3.05) is 13.6 Å². The third kappa shape index (κ3) is 17.8. The zero-order chi connectivity index (χ0) is 44.1. The molecule has 0 saturated heterocycles. The Morgan fingerprint density at radius 2 is 1.17 bits per heavy atom. The van der Waals surface area contributed by atoms with Crippen molar-refractivity contribution >= 4 is 40.6 Å². The van der Waals surface area contributed by atoms with E-state index in [9.17, 15) is 33.6 Å². The Morgan fingerprint density at radius 3 is 1.66 bits per heavy atom. The van der Waals surface area contributed by atoms with Crippen molar-refractivity contribution in [3.05, 3.63) is 35.9 Å². The third-order valence-corrected chi connectivity index (χ3v) is 11.6. The molecule has 0 bridgehead atoms. The molecule has 1 aromatic carbocycles. The van der Waals surface area contributed by atoms with E-state index in [1.54, 1.807) is 34.7 Å². The number of likely N-dealkylation sites (N-methyl/N-ethyl adjacent to an activating group) is 1. The molecule has 12 N–H and O–H groups in total. The van der Waals surface area contributed by atoms with Crippen molar-refractivity contribution < 1.29 is 33.6 Å². The van der Waals surface area contributed by atoms with Crippen LogP contribution in [0.3, 0.4) is 0 Å². The average molecular weight is 814 g/mol. The standard InChI is InChI=1S/C44H75N7O7/c1-7-30(2)37(51-36(54)29-45)39(56)41(58)44(49,26-20-13-12-17-23-42(4,47)35(53)28-34(52)31(3)50-6)25-19-11-9-8-10-18-24-43(5,48)40(57)38(55)33(46)27-32-21-15-14-16-22-32/h14-16,21-22,30-31,33,37,50H,7-13,17-20,23-29,45-49H2,1-6H3,(H,51,54)/t30-,31-,33-,37?,42+,43-,44+/m0/s1. The lowest BCUT2D eigenvalue weighted by Crippen LogP contribution is -2.58. The van der Waals surface area contributed by atoms with Gasteiger partial charge in [0.25, 0.3) is 0 Å². The van der Waals surface area contributed by atoms with Gasteiger partial charge in [0.2, 0.25) is 29.0 Å². The van der Waals surface area contributed by atoms with E-state index >= 15 is 0 Å². The van der Waals surface area contributed by atoms with Crippen LogP contribution in [-0.2, 0) is 40.0 Å². The first-order chi connectivity index (χ1) is 27.2. The van der Waals surface area contributed by atoms with Gasteiger partial charge in [-0.05, 0) is 71.4 Å². The molecular formula is C44H75N7O7. The van der Waals surface area contributed by atoms with Gasteiger partial charge in [0.05, 0.1) is 47.7 Å². The van der Waals surface area contributed by atoms with Crippen LogP contribution >= 0.6 is 0 Å². The molecule has 0 fully saturated rings. The number of rotatable bonds is 33. The Morgan fingerprint density at radius 1 is 0.690 bits per heavy atom. The number of hydrogen-bond acceptors (Lipinski definition) is 13. The molecule has 328 valence electrons. The molecule has 0 heterocycles. The maximum absolute atomic E-state index is 13.9. The van der Waals surface area contributed by atoms with Gasteiger partial charge in [-0.1, -0.05) is 115 Å². The predicted octanol–water partition coefficient (Wildman–Crippen LogP) is 3.05. The van der Waals surface area contributed by atoms with Crippen LogP contribution in [-0.4, -0.2) is 88.9 Å². The van der Waals surface area contributed by atoms with Crippen LogP contribution in [0.1, 0.15) is 143 Å². The van der Waals surface area contributed by atoms with Crippen molar-refractivity contribution in [2.24, 2.45) is 34.6 Å². The largest absolute Gasteiger partial charge is 0.344 e. The highest BCUT2D eigenvalue weighted by atomic mass is 16.2. The molecule has 1 amide bonds. The molecule has 0 aliphatic heterocycles. The molecule has 14 heteroatoms. The van der Waals surface area contributed by atoms with Crippen molar-refractivity contribution in [2.45, 2.75) is 179 Å². The second-order valence-electron chi connectivity index (χ2n) is 16.9. The smallest absolute Gasteiger partial charge is 0.234 e. The Bertz CT molecular complexity index is 1500. The molecule has 58 heavy (non-hydrogen) atoms. The van der Waals surface area contributed by atoms with Crippen molar-refractivity contribution in [1.29, 1.82) is 0 Å². The Labute approximate surface area is 346 Å².